The molecule has 2 amide bonds. The number of anilines is 1. The van der Waals surface area contributed by atoms with E-state index in [4.69, 9.17) is 0 Å². The van der Waals surface area contributed by atoms with Crippen LogP contribution in [0.3, 0.4) is 0 Å². The van der Waals surface area contributed by atoms with E-state index in [1.165, 1.54) is 11.3 Å². The molecule has 104 valence electrons. The van der Waals surface area contributed by atoms with Crippen LogP contribution in [0.5, 0.6) is 0 Å². The third kappa shape index (κ3) is 3.22. The van der Waals surface area contributed by atoms with E-state index in [-0.39, 0.29) is 17.6 Å². The predicted octanol–water partition coefficient (Wildman–Crippen LogP) is 2.69. The summed E-state index contributed by atoms with van der Waals surface area (Å²) in [6, 6.07) is -0.142. The number of carboxylic acid groups (broad SMARTS) is 1. The lowest BCUT2D eigenvalue weighted by atomic mass is 10.1. The first-order valence-electron chi connectivity index (χ1n) is 5.97. The van der Waals surface area contributed by atoms with Crippen LogP contribution in [0.1, 0.15) is 27.2 Å². The highest BCUT2D eigenvalue weighted by Crippen LogP contribution is 2.32. The molecular formula is C12H16N2O3S2. The van der Waals surface area contributed by atoms with Gasteiger partial charge in [0.15, 0.2) is 0 Å². The van der Waals surface area contributed by atoms with Crippen molar-refractivity contribution < 1.29 is 14.7 Å². The van der Waals surface area contributed by atoms with Crippen molar-refractivity contribution in [3.63, 3.8) is 0 Å². The fraction of sp³-hybridized carbons (Fsp3) is 0.500. The Morgan fingerprint density at radius 2 is 2.11 bits per heavy atom. The van der Waals surface area contributed by atoms with Gasteiger partial charge < -0.3 is 10.4 Å². The number of carbonyl (C=O) groups excluding carboxylic acids is 1. The maximum absolute atomic E-state index is 11.8. The van der Waals surface area contributed by atoms with Gasteiger partial charge in [0.2, 0.25) is 0 Å². The van der Waals surface area contributed by atoms with Gasteiger partial charge in [0.1, 0.15) is 5.00 Å². The number of urea groups is 1. The summed E-state index contributed by atoms with van der Waals surface area (Å²) >= 11 is 3.11. The summed E-state index contributed by atoms with van der Waals surface area (Å²) in [5.74, 6) is 0.970. The van der Waals surface area contributed by atoms with Crippen molar-refractivity contribution in [2.45, 2.75) is 26.3 Å². The van der Waals surface area contributed by atoms with E-state index >= 15 is 0 Å². The summed E-state index contributed by atoms with van der Waals surface area (Å²) in [6.45, 7) is 3.61. The summed E-state index contributed by atoms with van der Waals surface area (Å²) in [6.07, 6.45) is 0.965. The van der Waals surface area contributed by atoms with Gasteiger partial charge in [0, 0.05) is 16.7 Å². The van der Waals surface area contributed by atoms with Crippen LogP contribution < -0.4 is 10.6 Å². The number of aryl methyl sites for hydroxylation is 1. The number of hydrogen-bond acceptors (Lipinski definition) is 4. The number of rotatable bonds is 3. The number of amides is 2. The summed E-state index contributed by atoms with van der Waals surface area (Å²) in [4.78, 5) is 24.0. The maximum atomic E-state index is 11.8. The van der Waals surface area contributed by atoms with Gasteiger partial charge >= 0.3 is 12.0 Å². The fourth-order valence-electron chi connectivity index (χ4n) is 1.95. The molecule has 5 nitrogen and oxygen atoms in total. The van der Waals surface area contributed by atoms with Crippen LogP contribution in [0.4, 0.5) is 9.80 Å². The molecule has 1 aliphatic heterocycles. The zero-order valence-corrected chi connectivity index (χ0v) is 12.4. The van der Waals surface area contributed by atoms with Crippen LogP contribution in [0, 0.1) is 13.8 Å². The molecule has 1 saturated heterocycles. The molecule has 1 atom stereocenters. The lowest BCUT2D eigenvalue weighted by Gasteiger charge is -2.12. The summed E-state index contributed by atoms with van der Waals surface area (Å²) in [5, 5.41) is 15.1. The first-order valence-corrected chi connectivity index (χ1v) is 7.94. The predicted molar refractivity (Wildman–Crippen MR) is 78.6 cm³/mol. The Morgan fingerprint density at radius 1 is 1.37 bits per heavy atom. The van der Waals surface area contributed by atoms with E-state index in [0.717, 1.165) is 22.8 Å². The standard InChI is InChI=1S/C12H16N2O3S2/c1-6-7(2)19-10(9(6)11(15)16)14-12(17)13-8-3-4-18-5-8/h8H,3-5H2,1-2H3,(H,15,16)(H2,13,14,17). The number of aromatic carboxylic acids is 1. The number of hydrogen-bond donors (Lipinski definition) is 3. The monoisotopic (exact) mass is 300 g/mol. The van der Waals surface area contributed by atoms with Crippen LogP contribution in [-0.2, 0) is 0 Å². The molecule has 0 aromatic carbocycles. The topological polar surface area (TPSA) is 78.4 Å². The van der Waals surface area contributed by atoms with Crippen LogP contribution in [0.25, 0.3) is 0 Å². The first-order chi connectivity index (χ1) is 8.99. The third-order valence-electron chi connectivity index (χ3n) is 3.09. The molecule has 0 bridgehead atoms. The number of nitrogens with one attached hydrogen (secondary N) is 2. The number of carboxylic acids is 1. The van der Waals surface area contributed by atoms with Crippen LogP contribution in [0.15, 0.2) is 0 Å². The Kier molecular flexibility index (Phi) is 4.36. The normalized spacial score (nSPS) is 18.3. The van der Waals surface area contributed by atoms with Gasteiger partial charge in [0.25, 0.3) is 0 Å². The van der Waals surface area contributed by atoms with Gasteiger partial charge in [-0.25, -0.2) is 9.59 Å². The summed E-state index contributed by atoms with van der Waals surface area (Å²) in [7, 11) is 0. The van der Waals surface area contributed by atoms with E-state index in [0.29, 0.717) is 10.6 Å². The van der Waals surface area contributed by atoms with Crippen molar-refractivity contribution in [1.82, 2.24) is 5.32 Å². The third-order valence-corrected chi connectivity index (χ3v) is 5.38. The SMILES string of the molecule is Cc1sc(NC(=O)NC2CCSC2)c(C(=O)O)c1C. The van der Waals surface area contributed by atoms with Crippen molar-refractivity contribution in [2.24, 2.45) is 0 Å². The highest BCUT2D eigenvalue weighted by molar-refractivity contribution is 7.99. The molecule has 0 saturated carbocycles. The Hall–Kier alpha value is -1.21. The molecule has 2 rings (SSSR count). The van der Waals surface area contributed by atoms with E-state index in [1.54, 1.807) is 6.92 Å². The fourth-order valence-corrected chi connectivity index (χ4v) is 4.15. The van der Waals surface area contributed by atoms with Crippen LogP contribution >= 0.6 is 23.1 Å². The Balaban J connectivity index is 2.07. The minimum Gasteiger partial charge on any atom is -0.478 e. The molecule has 1 fully saturated rings. The second-order valence-electron chi connectivity index (χ2n) is 4.45. The molecule has 0 radical (unpaired) electrons. The summed E-state index contributed by atoms with van der Waals surface area (Å²) in [5.41, 5.74) is 0.905. The Labute approximate surface area is 119 Å². The average molecular weight is 300 g/mol. The van der Waals surface area contributed by atoms with Crippen molar-refractivity contribution in [3.8, 4) is 0 Å². The highest BCUT2D eigenvalue weighted by atomic mass is 32.2. The molecule has 7 heteroatoms. The molecule has 0 spiro atoms. The van der Waals surface area contributed by atoms with Crippen LogP contribution in [-0.4, -0.2) is 34.7 Å². The molecular weight excluding hydrogens is 284 g/mol. The molecule has 1 unspecified atom stereocenters. The zero-order chi connectivity index (χ0) is 14.0. The molecule has 3 N–H and O–H groups in total. The van der Waals surface area contributed by atoms with Crippen LogP contribution in [0.2, 0.25) is 0 Å². The lowest BCUT2D eigenvalue weighted by Crippen LogP contribution is -2.37. The lowest BCUT2D eigenvalue weighted by molar-refractivity contribution is 0.0697. The van der Waals surface area contributed by atoms with Crippen molar-refractivity contribution in [3.05, 3.63) is 16.0 Å². The average Bonchev–Trinajstić information content (AvgIpc) is 2.88. The van der Waals surface area contributed by atoms with Gasteiger partial charge in [-0.3, -0.25) is 5.32 Å². The van der Waals surface area contributed by atoms with E-state index in [2.05, 4.69) is 10.6 Å². The van der Waals surface area contributed by atoms with Gasteiger partial charge in [-0.05, 0) is 31.6 Å². The zero-order valence-electron chi connectivity index (χ0n) is 10.8. The second-order valence-corrected chi connectivity index (χ2v) is 6.83. The smallest absolute Gasteiger partial charge is 0.338 e. The van der Waals surface area contributed by atoms with Gasteiger partial charge in [-0.1, -0.05) is 0 Å². The largest absolute Gasteiger partial charge is 0.478 e. The second kappa shape index (κ2) is 5.83. The minimum atomic E-state index is -1.01. The van der Waals surface area contributed by atoms with E-state index < -0.39 is 5.97 Å². The molecule has 0 aliphatic carbocycles. The quantitative estimate of drug-likeness (QED) is 0.802. The number of carbonyl (C=O) groups is 2. The molecule has 1 aromatic rings. The number of thioether (sulfide) groups is 1. The minimum absolute atomic E-state index is 0.181. The molecule has 1 aliphatic rings. The van der Waals surface area contributed by atoms with Gasteiger partial charge in [-0.2, -0.15) is 11.8 Å². The summed E-state index contributed by atoms with van der Waals surface area (Å²) < 4.78 is 0. The molecule has 1 aromatic heterocycles. The number of thiophene rings is 1. The van der Waals surface area contributed by atoms with E-state index in [1.807, 2.05) is 18.7 Å². The van der Waals surface area contributed by atoms with Gasteiger partial charge in [-0.15, -0.1) is 11.3 Å². The Bertz CT molecular complexity index is 507. The maximum Gasteiger partial charge on any atom is 0.338 e. The molecule has 2 heterocycles. The first kappa shape index (κ1) is 14.2. The van der Waals surface area contributed by atoms with Gasteiger partial charge in [0.05, 0.1) is 5.56 Å². The molecule has 19 heavy (non-hydrogen) atoms. The van der Waals surface area contributed by atoms with E-state index in [9.17, 15) is 14.7 Å². The Morgan fingerprint density at radius 3 is 2.68 bits per heavy atom. The van der Waals surface area contributed by atoms with Crippen molar-refractivity contribution in [1.29, 1.82) is 0 Å². The van der Waals surface area contributed by atoms with Crippen molar-refractivity contribution in [2.75, 3.05) is 16.8 Å². The van der Waals surface area contributed by atoms with Crippen molar-refractivity contribution >= 4 is 40.1 Å². The highest BCUT2D eigenvalue weighted by Gasteiger charge is 2.22.